The van der Waals surface area contributed by atoms with Gasteiger partial charge in [-0.3, -0.25) is 10.3 Å². The fourth-order valence-electron chi connectivity index (χ4n) is 1.92. The van der Waals surface area contributed by atoms with Crippen molar-refractivity contribution in [1.29, 1.82) is 0 Å². The van der Waals surface area contributed by atoms with Crippen molar-refractivity contribution in [1.82, 2.24) is 10.6 Å². The molecule has 0 radical (unpaired) electrons. The molecule has 3 heteroatoms. The van der Waals surface area contributed by atoms with Gasteiger partial charge in [-0.05, 0) is 12.1 Å². The Balaban J connectivity index is 2.40. The van der Waals surface area contributed by atoms with Crippen molar-refractivity contribution < 1.29 is 0 Å². The predicted octanol–water partition coefficient (Wildman–Crippen LogP) is -0.539. The van der Waals surface area contributed by atoms with Gasteiger partial charge in [0.25, 0.3) is 0 Å². The zero-order valence-corrected chi connectivity index (χ0v) is 7.70. The molecule has 0 aromatic heterocycles. The molecule has 0 saturated carbocycles. The lowest BCUT2D eigenvalue weighted by Gasteiger charge is -2.03. The summed E-state index contributed by atoms with van der Waals surface area (Å²) in [6.07, 6.45) is 3.95. The number of hydrogen-bond donors (Lipinski definition) is 2. The highest BCUT2D eigenvalue weighted by atomic mass is 15.2. The van der Waals surface area contributed by atoms with Crippen LogP contribution in [0, 0.1) is 0 Å². The lowest BCUT2D eigenvalue weighted by molar-refractivity contribution is 0.759. The van der Waals surface area contributed by atoms with Gasteiger partial charge in [0.15, 0.2) is 0 Å². The van der Waals surface area contributed by atoms with Crippen molar-refractivity contribution >= 4 is 5.70 Å². The molecule has 0 amide bonds. The monoisotopic (exact) mass is 185 g/mol. The first-order valence-electron chi connectivity index (χ1n) is 4.76. The maximum Gasteiger partial charge on any atom is 0.0719 e. The maximum absolute atomic E-state index is 4.39. The van der Waals surface area contributed by atoms with Crippen LogP contribution in [0.25, 0.3) is 5.70 Å². The molecule has 14 heavy (non-hydrogen) atoms. The predicted molar refractivity (Wildman–Crippen MR) is 54.7 cm³/mol. The number of fused-ring (bicyclic) bond motifs is 2. The number of rotatable bonds is 0. The average Bonchev–Trinajstić information content (AvgIpc) is 2.61. The molecule has 1 saturated heterocycles. The second-order valence-electron chi connectivity index (χ2n) is 3.44. The second kappa shape index (κ2) is 2.96. The Morgan fingerprint density at radius 2 is 2.21 bits per heavy atom. The number of nitrogens with zero attached hydrogens (tertiary/aromatic N) is 1. The molecule has 70 valence electrons. The Bertz CT molecular complexity index is 502. The highest BCUT2D eigenvalue weighted by molar-refractivity contribution is 5.54. The third-order valence-corrected chi connectivity index (χ3v) is 2.60. The molecule has 1 fully saturated rings. The zero-order valence-electron chi connectivity index (χ0n) is 7.70. The molecule has 0 bridgehead atoms. The fraction of sp³-hybridized carbons (Fsp3) is 0.182. The SMILES string of the molecule is C1=CC2NCNC2=c2ccccc2=N1. The zero-order chi connectivity index (χ0) is 9.38. The maximum atomic E-state index is 4.39. The first-order valence-corrected chi connectivity index (χ1v) is 4.76. The van der Waals surface area contributed by atoms with E-state index in [2.05, 4.69) is 27.8 Å². The van der Waals surface area contributed by atoms with Gasteiger partial charge in [0.1, 0.15) is 0 Å². The van der Waals surface area contributed by atoms with Crippen molar-refractivity contribution in [2.75, 3.05) is 6.67 Å². The van der Waals surface area contributed by atoms with Crippen molar-refractivity contribution in [3.8, 4) is 0 Å². The van der Waals surface area contributed by atoms with Crippen LogP contribution in [0.3, 0.4) is 0 Å². The minimum atomic E-state index is 0.294. The summed E-state index contributed by atoms with van der Waals surface area (Å²) in [7, 11) is 0. The minimum Gasteiger partial charge on any atom is -0.374 e. The van der Waals surface area contributed by atoms with Gasteiger partial charge in [0.2, 0.25) is 0 Å². The van der Waals surface area contributed by atoms with E-state index < -0.39 is 0 Å². The number of hydrogen-bond acceptors (Lipinski definition) is 3. The molecule has 2 heterocycles. The number of benzene rings is 1. The molecule has 3 nitrogen and oxygen atoms in total. The summed E-state index contributed by atoms with van der Waals surface area (Å²) in [5.41, 5.74) is 1.23. The Hall–Kier alpha value is -1.61. The summed E-state index contributed by atoms with van der Waals surface area (Å²) < 4.78 is 0. The molecule has 1 atom stereocenters. The summed E-state index contributed by atoms with van der Waals surface area (Å²) in [6, 6.07) is 8.49. The minimum absolute atomic E-state index is 0.294. The largest absolute Gasteiger partial charge is 0.374 e. The quantitative estimate of drug-likeness (QED) is 0.569. The molecular weight excluding hydrogens is 174 g/mol. The molecule has 1 unspecified atom stereocenters. The van der Waals surface area contributed by atoms with Gasteiger partial charge >= 0.3 is 0 Å². The average molecular weight is 185 g/mol. The van der Waals surface area contributed by atoms with Gasteiger partial charge in [-0.25, -0.2) is 0 Å². The van der Waals surface area contributed by atoms with E-state index in [1.54, 1.807) is 0 Å². The highest BCUT2D eigenvalue weighted by Crippen LogP contribution is 2.05. The number of nitrogens with one attached hydrogen (secondary N) is 2. The summed E-state index contributed by atoms with van der Waals surface area (Å²) in [6.45, 7) is 0.832. The third kappa shape index (κ3) is 1.06. The van der Waals surface area contributed by atoms with Crippen molar-refractivity contribution in [3.05, 3.63) is 47.1 Å². The van der Waals surface area contributed by atoms with Crippen LogP contribution in [0.15, 0.2) is 41.5 Å². The Morgan fingerprint density at radius 1 is 1.29 bits per heavy atom. The van der Waals surface area contributed by atoms with E-state index in [0.717, 1.165) is 12.0 Å². The Labute approximate surface area is 81.9 Å². The first kappa shape index (κ1) is 7.76. The van der Waals surface area contributed by atoms with Crippen LogP contribution in [0.5, 0.6) is 0 Å². The Kier molecular flexibility index (Phi) is 1.64. The molecule has 0 aliphatic carbocycles. The van der Waals surface area contributed by atoms with E-state index in [9.17, 15) is 0 Å². The van der Waals surface area contributed by atoms with Crippen LogP contribution in [0.2, 0.25) is 0 Å². The standard InChI is InChI=1S/C11H11N3/c1-2-4-9-8(3-1)11-10(5-6-12-9)13-7-14-11/h1-6,10,13-14H,7H2. The van der Waals surface area contributed by atoms with E-state index >= 15 is 0 Å². The van der Waals surface area contributed by atoms with Crippen molar-refractivity contribution in [2.24, 2.45) is 4.99 Å². The topological polar surface area (TPSA) is 36.4 Å². The van der Waals surface area contributed by atoms with Crippen LogP contribution in [-0.4, -0.2) is 12.7 Å². The molecule has 2 aliphatic rings. The van der Waals surface area contributed by atoms with Crippen LogP contribution in [0.4, 0.5) is 0 Å². The molecule has 1 aromatic rings. The van der Waals surface area contributed by atoms with Crippen LogP contribution < -0.4 is 21.2 Å². The first-order chi connectivity index (χ1) is 6.95. The van der Waals surface area contributed by atoms with Crippen LogP contribution >= 0.6 is 0 Å². The van der Waals surface area contributed by atoms with E-state index in [-0.39, 0.29) is 0 Å². The van der Waals surface area contributed by atoms with E-state index in [0.29, 0.717) is 6.04 Å². The van der Waals surface area contributed by atoms with Crippen molar-refractivity contribution in [3.63, 3.8) is 0 Å². The summed E-state index contributed by atoms with van der Waals surface area (Å²) in [4.78, 5) is 4.39. The van der Waals surface area contributed by atoms with E-state index in [1.807, 2.05) is 24.4 Å². The van der Waals surface area contributed by atoms with Gasteiger partial charge in [-0.2, -0.15) is 0 Å². The summed E-state index contributed by atoms with van der Waals surface area (Å²) in [5.74, 6) is 0. The molecule has 2 aliphatic heterocycles. The number of para-hydroxylation sites is 1. The van der Waals surface area contributed by atoms with Crippen LogP contribution in [0.1, 0.15) is 0 Å². The highest BCUT2D eigenvalue weighted by Gasteiger charge is 2.18. The van der Waals surface area contributed by atoms with E-state index in [1.165, 1.54) is 10.9 Å². The molecule has 1 aromatic carbocycles. The lowest BCUT2D eigenvalue weighted by atomic mass is 10.1. The summed E-state index contributed by atoms with van der Waals surface area (Å²) in [5, 5.41) is 8.93. The molecule has 0 spiro atoms. The third-order valence-electron chi connectivity index (χ3n) is 2.60. The fourth-order valence-corrected chi connectivity index (χ4v) is 1.92. The summed E-state index contributed by atoms with van der Waals surface area (Å²) >= 11 is 0. The Morgan fingerprint density at radius 3 is 3.21 bits per heavy atom. The molecule has 2 N–H and O–H groups in total. The lowest BCUT2D eigenvalue weighted by Crippen LogP contribution is -2.31. The second-order valence-corrected chi connectivity index (χ2v) is 3.44. The van der Waals surface area contributed by atoms with Gasteiger partial charge in [0.05, 0.1) is 18.1 Å². The molecular formula is C11H11N3. The van der Waals surface area contributed by atoms with E-state index in [4.69, 9.17) is 0 Å². The molecule has 3 rings (SSSR count). The van der Waals surface area contributed by atoms with Crippen molar-refractivity contribution in [2.45, 2.75) is 6.04 Å². The van der Waals surface area contributed by atoms with Crippen LogP contribution in [-0.2, 0) is 0 Å². The van der Waals surface area contributed by atoms with Gasteiger partial charge in [-0.1, -0.05) is 18.2 Å². The normalized spacial score (nSPS) is 23.1. The van der Waals surface area contributed by atoms with Gasteiger partial charge < -0.3 is 5.32 Å². The van der Waals surface area contributed by atoms with Gasteiger partial charge in [-0.15, -0.1) is 0 Å². The van der Waals surface area contributed by atoms with Gasteiger partial charge in [0, 0.05) is 17.1 Å². The smallest absolute Gasteiger partial charge is 0.0719 e.